The van der Waals surface area contributed by atoms with E-state index in [1.807, 2.05) is 0 Å². The number of benzene rings is 2. The van der Waals surface area contributed by atoms with Gasteiger partial charge in [-0.1, -0.05) is 48.7 Å². The van der Waals surface area contributed by atoms with Crippen molar-refractivity contribution in [3.05, 3.63) is 69.5 Å². The number of aromatic nitrogens is 2. The van der Waals surface area contributed by atoms with Crippen LogP contribution in [0.2, 0.25) is 10.0 Å². The second-order valence-corrected chi connectivity index (χ2v) is 12.6. The van der Waals surface area contributed by atoms with Crippen molar-refractivity contribution in [3.8, 4) is 11.8 Å². The normalized spacial score (nSPS) is 16.0. The molecular weight excluding hydrogens is 620 g/mol. The van der Waals surface area contributed by atoms with Gasteiger partial charge >= 0.3 is 16.3 Å². The first-order valence-corrected chi connectivity index (χ1v) is 14.1. The van der Waals surface area contributed by atoms with Gasteiger partial charge in [0, 0.05) is 10.9 Å². The molecular formula is C24H16Cl2F5N5O4S. The van der Waals surface area contributed by atoms with Crippen LogP contribution in [0.1, 0.15) is 29.7 Å². The third kappa shape index (κ3) is 4.92. The summed E-state index contributed by atoms with van der Waals surface area (Å²) in [6.45, 7) is -0.423. The molecule has 0 radical (unpaired) electrons. The number of rotatable bonds is 7. The first kappa shape index (κ1) is 28.5. The second-order valence-electron chi connectivity index (χ2n) is 9.38. The lowest BCUT2D eigenvalue weighted by Gasteiger charge is -2.40. The van der Waals surface area contributed by atoms with E-state index in [-0.39, 0.29) is 30.5 Å². The minimum absolute atomic E-state index is 0.0690. The van der Waals surface area contributed by atoms with E-state index >= 15 is 0 Å². The maximum absolute atomic E-state index is 13.5. The standard InChI is InChI=1S/C24H16Cl2F5N5O4S/c25-15-8-14(41(27,28,29,30)31)9-16(26)20(15)36-21(19(17(10-32)34-36)24(4-5-24)22(33)37)35(23(38)39)11-12-1-2-18-13(7-12)3-6-40-18/h1-3,6-9H,4-5,11H2,(H2,33,37)(H,38,39). The van der Waals surface area contributed by atoms with E-state index in [9.17, 15) is 39.4 Å². The van der Waals surface area contributed by atoms with Crippen molar-refractivity contribution in [2.24, 2.45) is 5.73 Å². The van der Waals surface area contributed by atoms with Crippen molar-refractivity contribution >= 4 is 62.2 Å². The topological polar surface area (TPSA) is 138 Å². The second kappa shape index (κ2) is 8.51. The highest BCUT2D eigenvalue weighted by Crippen LogP contribution is 3.02. The van der Waals surface area contributed by atoms with Crippen LogP contribution < -0.4 is 10.6 Å². The lowest BCUT2D eigenvalue weighted by atomic mass is 9.94. The average molecular weight is 636 g/mol. The summed E-state index contributed by atoms with van der Waals surface area (Å²) in [6.07, 6.45) is 0.00343. The molecule has 0 atom stereocenters. The molecule has 2 amide bonds. The van der Waals surface area contributed by atoms with Gasteiger partial charge in [-0.2, -0.15) is 10.4 Å². The summed E-state index contributed by atoms with van der Waals surface area (Å²) in [7, 11) is -10.2. The lowest BCUT2D eigenvalue weighted by Crippen LogP contribution is -2.35. The summed E-state index contributed by atoms with van der Waals surface area (Å²) in [4.78, 5) is 23.5. The zero-order valence-electron chi connectivity index (χ0n) is 20.3. The molecule has 0 saturated heterocycles. The zero-order chi connectivity index (χ0) is 30.2. The predicted molar refractivity (Wildman–Crippen MR) is 140 cm³/mol. The molecule has 9 nitrogen and oxygen atoms in total. The zero-order valence-corrected chi connectivity index (χ0v) is 22.6. The number of anilines is 1. The van der Waals surface area contributed by atoms with Gasteiger partial charge < -0.3 is 15.3 Å². The Morgan fingerprint density at radius 1 is 1.15 bits per heavy atom. The van der Waals surface area contributed by atoms with Crippen LogP contribution in [0.25, 0.3) is 16.7 Å². The van der Waals surface area contributed by atoms with Crippen molar-refractivity contribution in [3.63, 3.8) is 0 Å². The average Bonchev–Trinajstić information content (AvgIpc) is 3.37. The first-order valence-electron chi connectivity index (χ1n) is 11.4. The van der Waals surface area contributed by atoms with Crippen LogP contribution in [0, 0.1) is 11.3 Å². The number of carboxylic acid groups (broad SMARTS) is 1. The van der Waals surface area contributed by atoms with E-state index < -0.39 is 66.3 Å². The van der Waals surface area contributed by atoms with Crippen molar-refractivity contribution in [2.45, 2.75) is 29.7 Å². The molecule has 216 valence electrons. The number of nitrogens with zero attached hydrogens (tertiary/aromatic N) is 4. The van der Waals surface area contributed by atoms with Crippen LogP contribution in [0.4, 0.5) is 30.0 Å². The molecule has 0 aliphatic heterocycles. The third-order valence-corrected chi connectivity index (χ3v) is 8.36. The highest BCUT2D eigenvalue weighted by molar-refractivity contribution is 8.45. The van der Waals surface area contributed by atoms with Crippen LogP contribution in [0.5, 0.6) is 0 Å². The molecule has 1 aliphatic carbocycles. The number of fused-ring (bicyclic) bond motifs is 1. The number of halogens is 7. The molecule has 5 rings (SSSR count). The molecule has 2 heterocycles. The van der Waals surface area contributed by atoms with Crippen LogP contribution in [0.3, 0.4) is 0 Å². The Labute approximate surface area is 237 Å². The third-order valence-electron chi connectivity index (χ3n) is 6.66. The maximum Gasteiger partial charge on any atom is 0.413 e. The van der Waals surface area contributed by atoms with Gasteiger partial charge in [0.05, 0.1) is 28.3 Å². The molecule has 3 N–H and O–H groups in total. The fraction of sp³-hybridized carbons (Fsp3) is 0.167. The molecule has 2 aromatic heterocycles. The monoisotopic (exact) mass is 635 g/mol. The summed E-state index contributed by atoms with van der Waals surface area (Å²) >= 11 is 12.1. The predicted octanol–water partition coefficient (Wildman–Crippen LogP) is 7.66. The number of nitrogens with two attached hydrogens (primary N) is 1. The molecule has 17 heteroatoms. The largest absolute Gasteiger partial charge is 0.465 e. The molecule has 0 bridgehead atoms. The van der Waals surface area contributed by atoms with Crippen LogP contribution in [-0.4, -0.2) is 26.9 Å². The smallest absolute Gasteiger partial charge is 0.413 e. The molecule has 41 heavy (non-hydrogen) atoms. The van der Waals surface area contributed by atoms with Crippen molar-refractivity contribution in [1.82, 2.24) is 9.78 Å². The van der Waals surface area contributed by atoms with Crippen LogP contribution in [-0.2, 0) is 16.8 Å². The van der Waals surface area contributed by atoms with Crippen LogP contribution >= 0.6 is 33.4 Å². The molecule has 1 aliphatic rings. The van der Waals surface area contributed by atoms with Gasteiger partial charge in [-0.05, 0) is 48.7 Å². The number of hydrogen-bond acceptors (Lipinski definition) is 5. The Morgan fingerprint density at radius 2 is 1.78 bits per heavy atom. The fourth-order valence-electron chi connectivity index (χ4n) is 4.58. The Balaban J connectivity index is 1.79. The summed E-state index contributed by atoms with van der Waals surface area (Å²) in [5.74, 6) is -1.38. The first-order chi connectivity index (χ1) is 18.9. The van der Waals surface area contributed by atoms with Crippen LogP contribution in [0.15, 0.2) is 52.0 Å². The lowest BCUT2D eigenvalue weighted by molar-refractivity contribution is -0.120. The highest BCUT2D eigenvalue weighted by atomic mass is 35.5. The SMILES string of the molecule is N#Cc1nn(-c2c(Cl)cc(S(F)(F)(F)(F)F)cc2Cl)c(N(Cc2ccc3occc3c2)C(=O)O)c1C1(C(N)=O)CC1. The molecule has 1 fully saturated rings. The Bertz CT molecular complexity index is 1810. The number of hydrogen-bond donors (Lipinski definition) is 2. The van der Waals surface area contributed by atoms with E-state index in [1.165, 1.54) is 12.3 Å². The summed E-state index contributed by atoms with van der Waals surface area (Å²) in [5, 5.41) is 22.8. The highest BCUT2D eigenvalue weighted by Gasteiger charge is 2.66. The molecule has 1 saturated carbocycles. The Kier molecular flexibility index (Phi) is 5.92. The molecule has 0 spiro atoms. The van der Waals surface area contributed by atoms with Gasteiger partial charge in [-0.15, -0.1) is 0 Å². The van der Waals surface area contributed by atoms with Gasteiger partial charge in [-0.25, -0.2) is 9.48 Å². The van der Waals surface area contributed by atoms with Crippen molar-refractivity contribution in [1.29, 1.82) is 5.26 Å². The number of nitriles is 1. The Morgan fingerprint density at radius 3 is 2.29 bits per heavy atom. The van der Waals surface area contributed by atoms with E-state index in [1.54, 1.807) is 24.3 Å². The fourth-order valence-corrected chi connectivity index (χ4v) is 6.03. The quantitative estimate of drug-likeness (QED) is 0.200. The number of furan rings is 1. The van der Waals surface area contributed by atoms with Crippen molar-refractivity contribution in [2.75, 3.05) is 4.90 Å². The number of carbonyl (C=O) groups excluding carboxylic acids is 1. The molecule has 4 aromatic rings. The summed E-state index contributed by atoms with van der Waals surface area (Å²) in [5.41, 5.74) is 3.65. The van der Waals surface area contributed by atoms with E-state index in [0.29, 0.717) is 26.1 Å². The van der Waals surface area contributed by atoms with Gasteiger partial charge in [0.25, 0.3) is 0 Å². The summed E-state index contributed by atoms with van der Waals surface area (Å²) < 4.78 is 73.6. The van der Waals surface area contributed by atoms with E-state index in [0.717, 1.165) is 0 Å². The summed E-state index contributed by atoms with van der Waals surface area (Å²) in [6, 6.07) is 7.94. The molecule has 2 aromatic carbocycles. The maximum atomic E-state index is 13.5. The number of amides is 2. The minimum atomic E-state index is -10.2. The number of carbonyl (C=O) groups is 2. The van der Waals surface area contributed by atoms with Gasteiger partial charge in [0.1, 0.15) is 28.1 Å². The van der Waals surface area contributed by atoms with Gasteiger partial charge in [0.2, 0.25) is 5.91 Å². The van der Waals surface area contributed by atoms with Gasteiger partial charge in [0.15, 0.2) is 5.69 Å². The molecule has 0 unspecified atom stereocenters. The minimum Gasteiger partial charge on any atom is -0.465 e. The number of primary amides is 1. The van der Waals surface area contributed by atoms with E-state index in [4.69, 9.17) is 33.4 Å². The van der Waals surface area contributed by atoms with E-state index in [2.05, 4.69) is 5.10 Å². The van der Waals surface area contributed by atoms with Gasteiger partial charge in [-0.3, -0.25) is 9.69 Å². The van der Waals surface area contributed by atoms with Crippen molar-refractivity contribution < 1.29 is 38.5 Å². The Hall–Kier alpha value is -4.00.